The van der Waals surface area contributed by atoms with Crippen LogP contribution in [0.2, 0.25) is 0 Å². The van der Waals surface area contributed by atoms with Crippen molar-refractivity contribution in [3.05, 3.63) is 47.5 Å². The zero-order chi connectivity index (χ0) is 20.5. The second kappa shape index (κ2) is 10.9. The quantitative estimate of drug-likeness (QED) is 0.641. The third-order valence-corrected chi connectivity index (χ3v) is 5.03. The minimum atomic E-state index is -1.26. The Morgan fingerprint density at radius 2 is 1.71 bits per heavy atom. The maximum absolute atomic E-state index is 13.9. The highest BCUT2D eigenvalue weighted by atomic mass is 19.1. The van der Waals surface area contributed by atoms with Gasteiger partial charge in [-0.2, -0.15) is 0 Å². The molecule has 0 spiro atoms. The van der Waals surface area contributed by atoms with Crippen LogP contribution in [0.1, 0.15) is 37.7 Å². The predicted octanol–water partition coefficient (Wildman–Crippen LogP) is 2.78. The number of nitrogens with zero attached hydrogens (tertiary/aromatic N) is 1. The van der Waals surface area contributed by atoms with Crippen LogP contribution in [0, 0.1) is 11.6 Å². The van der Waals surface area contributed by atoms with E-state index in [2.05, 4.69) is 10.2 Å². The Bertz CT molecular complexity index is 667. The molecule has 1 heterocycles. The number of nitrogens with one attached hydrogen (secondary N) is 1. The van der Waals surface area contributed by atoms with Crippen LogP contribution >= 0.6 is 0 Å². The average Bonchev–Trinajstić information content (AvgIpc) is 3.34. The van der Waals surface area contributed by atoms with Gasteiger partial charge in [0.05, 0.1) is 0 Å². The fourth-order valence-corrected chi connectivity index (χ4v) is 3.70. The lowest BCUT2D eigenvalue weighted by Gasteiger charge is -2.34. The van der Waals surface area contributed by atoms with Gasteiger partial charge < -0.3 is 15.5 Å². The third kappa shape index (κ3) is 7.01. The number of carboxylic acid groups (broad SMARTS) is 2. The normalized spacial score (nSPS) is 19.8. The molecule has 1 aliphatic carbocycles. The summed E-state index contributed by atoms with van der Waals surface area (Å²) in [5.41, 5.74) is 0.616. The minimum Gasteiger partial charge on any atom is -0.478 e. The molecule has 8 heteroatoms. The molecule has 1 saturated carbocycles. The molecule has 1 saturated heterocycles. The van der Waals surface area contributed by atoms with Gasteiger partial charge in [-0.1, -0.05) is 18.9 Å². The van der Waals surface area contributed by atoms with Gasteiger partial charge in [0, 0.05) is 49.0 Å². The zero-order valence-electron chi connectivity index (χ0n) is 15.6. The maximum atomic E-state index is 13.9. The molecule has 3 rings (SSSR count). The molecule has 0 unspecified atom stereocenters. The lowest BCUT2D eigenvalue weighted by atomic mass is 10.1. The van der Waals surface area contributed by atoms with E-state index in [0.29, 0.717) is 36.3 Å². The van der Waals surface area contributed by atoms with E-state index in [-0.39, 0.29) is 0 Å². The van der Waals surface area contributed by atoms with Crippen LogP contribution in [0.15, 0.2) is 30.4 Å². The molecule has 154 valence electrons. The summed E-state index contributed by atoms with van der Waals surface area (Å²) < 4.78 is 26.9. The fourth-order valence-electron chi connectivity index (χ4n) is 3.70. The van der Waals surface area contributed by atoms with Crippen molar-refractivity contribution in [1.82, 2.24) is 10.2 Å². The van der Waals surface area contributed by atoms with Gasteiger partial charge in [-0.3, -0.25) is 4.90 Å². The molecule has 6 nitrogen and oxygen atoms in total. The highest BCUT2D eigenvalue weighted by molar-refractivity contribution is 5.89. The summed E-state index contributed by atoms with van der Waals surface area (Å²) in [6.07, 6.45) is 7.20. The number of hydrogen-bond donors (Lipinski definition) is 3. The highest BCUT2D eigenvalue weighted by Gasteiger charge is 2.31. The Morgan fingerprint density at radius 1 is 1.07 bits per heavy atom. The van der Waals surface area contributed by atoms with Gasteiger partial charge in [0.15, 0.2) is 0 Å². The van der Waals surface area contributed by atoms with Gasteiger partial charge in [0.2, 0.25) is 0 Å². The number of hydrogen-bond acceptors (Lipinski definition) is 4. The summed E-state index contributed by atoms with van der Waals surface area (Å²) in [5, 5.41) is 19.0. The lowest BCUT2D eigenvalue weighted by Crippen LogP contribution is -2.42. The summed E-state index contributed by atoms with van der Waals surface area (Å²) in [6, 6.07) is 4.99. The number of carboxylic acids is 2. The molecule has 3 N–H and O–H groups in total. The number of rotatable bonds is 6. The molecule has 1 atom stereocenters. The molecule has 1 aromatic rings. The Morgan fingerprint density at radius 3 is 2.21 bits per heavy atom. The third-order valence-electron chi connectivity index (χ3n) is 5.03. The average molecular weight is 396 g/mol. The fraction of sp³-hybridized carbons (Fsp3) is 0.500. The summed E-state index contributed by atoms with van der Waals surface area (Å²) in [5.74, 6) is -3.43. The van der Waals surface area contributed by atoms with E-state index in [1.807, 2.05) is 0 Å². The Labute approximate surface area is 162 Å². The molecule has 1 aliphatic heterocycles. The smallest absolute Gasteiger partial charge is 0.328 e. The van der Waals surface area contributed by atoms with E-state index < -0.39 is 23.6 Å². The molecule has 0 aromatic heterocycles. The number of halogens is 2. The zero-order valence-corrected chi connectivity index (χ0v) is 15.6. The Kier molecular flexibility index (Phi) is 8.53. The van der Waals surface area contributed by atoms with Crippen molar-refractivity contribution in [2.45, 2.75) is 50.7 Å². The number of carbonyl (C=O) groups is 2. The van der Waals surface area contributed by atoms with Crippen molar-refractivity contribution in [1.29, 1.82) is 0 Å². The predicted molar refractivity (Wildman–Crippen MR) is 99.8 cm³/mol. The molecule has 0 radical (unpaired) electrons. The van der Waals surface area contributed by atoms with E-state index in [1.54, 1.807) is 6.07 Å². The van der Waals surface area contributed by atoms with Gasteiger partial charge >= 0.3 is 11.9 Å². The van der Waals surface area contributed by atoms with Crippen LogP contribution in [0.5, 0.6) is 0 Å². The molecule has 2 aliphatic rings. The van der Waals surface area contributed by atoms with E-state index in [0.717, 1.165) is 25.6 Å². The second-order valence-electron chi connectivity index (χ2n) is 7.00. The summed E-state index contributed by atoms with van der Waals surface area (Å²) in [4.78, 5) is 21.6. The van der Waals surface area contributed by atoms with Crippen LogP contribution in [0.4, 0.5) is 8.78 Å². The molecular formula is C20H26F2N2O4. The number of benzene rings is 1. The molecule has 2 fully saturated rings. The topological polar surface area (TPSA) is 89.9 Å². The van der Waals surface area contributed by atoms with E-state index in [9.17, 15) is 18.4 Å². The van der Waals surface area contributed by atoms with Crippen molar-refractivity contribution in [3.63, 3.8) is 0 Å². The first-order chi connectivity index (χ1) is 13.4. The van der Waals surface area contributed by atoms with Crippen molar-refractivity contribution < 1.29 is 28.6 Å². The van der Waals surface area contributed by atoms with E-state index in [1.165, 1.54) is 31.7 Å². The van der Waals surface area contributed by atoms with Crippen molar-refractivity contribution >= 4 is 11.9 Å². The minimum absolute atomic E-state index is 0.418. The first-order valence-corrected chi connectivity index (χ1v) is 9.41. The SMILES string of the molecule is Fc1ccc(CN(C2CCCC2)[C@H]2CCNC2)c(F)c1.O=C(O)C=CC(=O)O. The van der Waals surface area contributed by atoms with Crippen LogP contribution in [-0.2, 0) is 16.1 Å². The standard InChI is InChI=1S/C16H22F2N2.C4H4O4/c17-13-6-5-12(16(18)9-13)11-20(14-3-1-2-4-14)15-7-8-19-10-15;5-3(6)1-2-4(7)8/h5-6,9,14-15,19H,1-4,7-8,10-11H2;1-2H,(H,5,6)(H,7,8)/t15-;/m0./s1. The second-order valence-corrected chi connectivity index (χ2v) is 7.00. The van der Waals surface area contributed by atoms with Gasteiger partial charge in [-0.15, -0.1) is 0 Å². The molecule has 0 bridgehead atoms. The van der Waals surface area contributed by atoms with Crippen molar-refractivity contribution in [2.24, 2.45) is 0 Å². The van der Waals surface area contributed by atoms with Crippen LogP contribution in [0.25, 0.3) is 0 Å². The van der Waals surface area contributed by atoms with Crippen molar-refractivity contribution in [2.75, 3.05) is 13.1 Å². The first-order valence-electron chi connectivity index (χ1n) is 9.41. The van der Waals surface area contributed by atoms with Gasteiger partial charge in [-0.25, -0.2) is 18.4 Å². The molecular weight excluding hydrogens is 370 g/mol. The Hall–Kier alpha value is -2.32. The summed E-state index contributed by atoms with van der Waals surface area (Å²) in [6.45, 7) is 2.63. The van der Waals surface area contributed by atoms with Crippen LogP contribution in [0.3, 0.4) is 0 Å². The van der Waals surface area contributed by atoms with Crippen molar-refractivity contribution in [3.8, 4) is 0 Å². The summed E-state index contributed by atoms with van der Waals surface area (Å²) in [7, 11) is 0. The first kappa shape index (κ1) is 22.0. The number of aliphatic carboxylic acids is 2. The lowest BCUT2D eigenvalue weighted by molar-refractivity contribution is -0.134. The van der Waals surface area contributed by atoms with Gasteiger partial charge in [0.25, 0.3) is 0 Å². The van der Waals surface area contributed by atoms with E-state index >= 15 is 0 Å². The van der Waals surface area contributed by atoms with Gasteiger partial charge in [-0.05, 0) is 31.9 Å². The molecule has 28 heavy (non-hydrogen) atoms. The molecule has 1 aromatic carbocycles. The van der Waals surface area contributed by atoms with Crippen LogP contribution in [-0.4, -0.2) is 52.2 Å². The highest BCUT2D eigenvalue weighted by Crippen LogP contribution is 2.29. The van der Waals surface area contributed by atoms with E-state index in [4.69, 9.17) is 10.2 Å². The maximum Gasteiger partial charge on any atom is 0.328 e. The van der Waals surface area contributed by atoms with Gasteiger partial charge in [0.1, 0.15) is 11.6 Å². The molecule has 0 amide bonds. The Balaban J connectivity index is 0.000000300. The largest absolute Gasteiger partial charge is 0.478 e. The van der Waals surface area contributed by atoms with Crippen LogP contribution < -0.4 is 5.32 Å². The summed E-state index contributed by atoms with van der Waals surface area (Å²) >= 11 is 0. The monoisotopic (exact) mass is 396 g/mol.